The summed E-state index contributed by atoms with van der Waals surface area (Å²) in [5, 5.41) is 3.26. The second kappa shape index (κ2) is 5.63. The molecule has 0 aliphatic heterocycles. The smallest absolute Gasteiger partial charge is 0.251 e. The number of methoxy groups -OCH3 is 1. The Morgan fingerprint density at radius 1 is 1.56 bits per heavy atom. The normalized spacial score (nSPS) is 17.1. The molecule has 0 radical (unpaired) electrons. The maximum Gasteiger partial charge on any atom is 0.251 e. The van der Waals surface area contributed by atoms with Gasteiger partial charge in [0.05, 0.1) is 5.69 Å². The van der Waals surface area contributed by atoms with Gasteiger partial charge in [-0.15, -0.1) is 0 Å². The first-order valence-corrected chi connectivity index (χ1v) is 6.46. The van der Waals surface area contributed by atoms with E-state index in [4.69, 9.17) is 4.74 Å². The second-order valence-corrected chi connectivity index (χ2v) is 5.15. The summed E-state index contributed by atoms with van der Waals surface area (Å²) in [5.41, 5.74) is 0.661. The molecule has 1 heterocycles. The van der Waals surface area contributed by atoms with Crippen molar-refractivity contribution >= 4 is 0 Å². The minimum Gasteiger partial charge on any atom is -0.373 e. The zero-order chi connectivity index (χ0) is 13.1. The Hall–Kier alpha value is -1.20. The maximum absolute atomic E-state index is 11.6. The Balaban J connectivity index is 2.17. The Bertz CT molecular complexity index is 452. The number of H-pyrrole nitrogens is 1. The lowest BCUT2D eigenvalue weighted by Crippen LogP contribution is -2.25. The molecule has 1 saturated carbocycles. The lowest BCUT2D eigenvalue weighted by atomic mass is 10.2. The highest BCUT2D eigenvalue weighted by Crippen LogP contribution is 2.41. The highest BCUT2D eigenvalue weighted by atomic mass is 16.5. The van der Waals surface area contributed by atoms with Gasteiger partial charge in [-0.1, -0.05) is 13.8 Å². The molecule has 0 bridgehead atoms. The van der Waals surface area contributed by atoms with Crippen molar-refractivity contribution in [3.05, 3.63) is 27.9 Å². The Morgan fingerprint density at radius 2 is 2.28 bits per heavy atom. The predicted molar refractivity (Wildman–Crippen MR) is 69.3 cm³/mol. The van der Waals surface area contributed by atoms with Crippen LogP contribution in [0.1, 0.15) is 44.3 Å². The minimum atomic E-state index is -0.108. The van der Waals surface area contributed by atoms with E-state index in [1.165, 1.54) is 0 Å². The number of nitrogens with zero attached hydrogens (tertiary/aromatic N) is 1. The molecule has 100 valence electrons. The molecule has 2 rings (SSSR count). The van der Waals surface area contributed by atoms with Gasteiger partial charge in [0, 0.05) is 25.8 Å². The summed E-state index contributed by atoms with van der Waals surface area (Å²) in [6.07, 6.45) is 2.23. The molecule has 18 heavy (non-hydrogen) atoms. The number of rotatable bonds is 6. The van der Waals surface area contributed by atoms with Crippen LogP contribution in [0, 0.1) is 5.92 Å². The van der Waals surface area contributed by atoms with Crippen LogP contribution < -0.4 is 10.9 Å². The monoisotopic (exact) mass is 251 g/mol. The van der Waals surface area contributed by atoms with Crippen LogP contribution in [0.25, 0.3) is 0 Å². The Morgan fingerprint density at radius 3 is 2.83 bits per heavy atom. The van der Waals surface area contributed by atoms with Gasteiger partial charge in [-0.2, -0.15) is 0 Å². The highest BCUT2D eigenvalue weighted by molar-refractivity contribution is 5.07. The number of hydrogen-bond donors (Lipinski definition) is 2. The lowest BCUT2D eigenvalue weighted by Gasteiger charge is -2.14. The van der Waals surface area contributed by atoms with Crippen molar-refractivity contribution in [1.82, 2.24) is 15.3 Å². The zero-order valence-corrected chi connectivity index (χ0v) is 11.2. The van der Waals surface area contributed by atoms with Crippen molar-refractivity contribution in [3.63, 3.8) is 0 Å². The van der Waals surface area contributed by atoms with E-state index in [9.17, 15) is 4.79 Å². The summed E-state index contributed by atoms with van der Waals surface area (Å²) < 4.78 is 5.44. The average Bonchev–Trinajstić information content (AvgIpc) is 3.11. The molecule has 0 amide bonds. The molecule has 1 unspecified atom stereocenters. The topological polar surface area (TPSA) is 67.0 Å². The van der Waals surface area contributed by atoms with E-state index in [2.05, 4.69) is 29.1 Å². The molecular formula is C13H21N3O2. The Labute approximate surface area is 107 Å². The van der Waals surface area contributed by atoms with E-state index in [0.29, 0.717) is 24.3 Å². The fourth-order valence-electron chi connectivity index (χ4n) is 1.99. The number of hydrogen-bond acceptors (Lipinski definition) is 4. The molecule has 1 atom stereocenters. The molecule has 1 aliphatic carbocycles. The van der Waals surface area contributed by atoms with Crippen molar-refractivity contribution in [3.8, 4) is 0 Å². The highest BCUT2D eigenvalue weighted by Gasteiger charge is 2.34. The van der Waals surface area contributed by atoms with Crippen LogP contribution in [0.2, 0.25) is 0 Å². The molecule has 1 aromatic rings. The van der Waals surface area contributed by atoms with Gasteiger partial charge in [0.1, 0.15) is 11.9 Å². The SMILES string of the molecule is COC(c1nc(CNC(C)C)cc(=O)[nH]1)C1CC1. The molecule has 0 spiro atoms. The minimum absolute atomic E-state index is 0.0725. The largest absolute Gasteiger partial charge is 0.373 e. The third-order valence-electron chi connectivity index (χ3n) is 3.08. The van der Waals surface area contributed by atoms with E-state index < -0.39 is 0 Å². The third kappa shape index (κ3) is 3.40. The Kier molecular flexibility index (Phi) is 4.14. The molecule has 1 aromatic heterocycles. The summed E-state index contributed by atoms with van der Waals surface area (Å²) >= 11 is 0. The van der Waals surface area contributed by atoms with Gasteiger partial charge in [0.2, 0.25) is 0 Å². The zero-order valence-electron chi connectivity index (χ0n) is 11.2. The van der Waals surface area contributed by atoms with Crippen molar-refractivity contribution < 1.29 is 4.74 Å². The third-order valence-corrected chi connectivity index (χ3v) is 3.08. The summed E-state index contributed by atoms with van der Waals surface area (Å²) in [5.74, 6) is 1.17. The number of aromatic nitrogens is 2. The van der Waals surface area contributed by atoms with E-state index in [0.717, 1.165) is 18.5 Å². The van der Waals surface area contributed by atoms with Crippen molar-refractivity contribution in [1.29, 1.82) is 0 Å². The van der Waals surface area contributed by atoms with Gasteiger partial charge in [-0.05, 0) is 18.8 Å². The summed E-state index contributed by atoms with van der Waals surface area (Å²) in [7, 11) is 1.67. The van der Waals surface area contributed by atoms with Crippen LogP contribution in [-0.4, -0.2) is 23.1 Å². The van der Waals surface area contributed by atoms with E-state index in [1.54, 1.807) is 13.2 Å². The number of aromatic amines is 1. The van der Waals surface area contributed by atoms with E-state index >= 15 is 0 Å². The quantitative estimate of drug-likeness (QED) is 0.801. The molecule has 0 saturated heterocycles. The molecule has 1 aliphatic rings. The summed E-state index contributed by atoms with van der Waals surface area (Å²) in [6.45, 7) is 4.74. The van der Waals surface area contributed by atoms with Gasteiger partial charge in [0.25, 0.3) is 5.56 Å². The summed E-state index contributed by atoms with van der Waals surface area (Å²) in [4.78, 5) is 18.9. The molecule has 5 nitrogen and oxygen atoms in total. The maximum atomic E-state index is 11.6. The number of nitrogens with one attached hydrogen (secondary N) is 2. The predicted octanol–water partition coefficient (Wildman–Crippen LogP) is 1.37. The first-order chi connectivity index (χ1) is 8.60. The fourth-order valence-corrected chi connectivity index (χ4v) is 1.99. The van der Waals surface area contributed by atoms with Crippen molar-refractivity contribution in [2.75, 3.05) is 7.11 Å². The van der Waals surface area contributed by atoms with E-state index in [-0.39, 0.29) is 11.7 Å². The molecule has 0 aromatic carbocycles. The molecule has 5 heteroatoms. The second-order valence-electron chi connectivity index (χ2n) is 5.15. The van der Waals surface area contributed by atoms with Crippen LogP contribution in [0.5, 0.6) is 0 Å². The molecule has 1 fully saturated rings. The van der Waals surface area contributed by atoms with Crippen LogP contribution >= 0.6 is 0 Å². The number of ether oxygens (including phenoxy) is 1. The van der Waals surface area contributed by atoms with Gasteiger partial charge in [0.15, 0.2) is 0 Å². The van der Waals surface area contributed by atoms with Gasteiger partial charge in [-0.25, -0.2) is 4.98 Å². The van der Waals surface area contributed by atoms with Crippen molar-refractivity contribution in [2.24, 2.45) is 5.92 Å². The van der Waals surface area contributed by atoms with Crippen LogP contribution in [0.4, 0.5) is 0 Å². The molecule has 2 N–H and O–H groups in total. The summed E-state index contributed by atoms with van der Waals surface area (Å²) in [6, 6.07) is 1.91. The van der Waals surface area contributed by atoms with Crippen LogP contribution in [0.15, 0.2) is 10.9 Å². The van der Waals surface area contributed by atoms with Gasteiger partial charge in [-0.3, -0.25) is 4.79 Å². The standard InChI is InChI=1S/C13H21N3O2/c1-8(2)14-7-10-6-11(17)16-13(15-10)12(18-3)9-4-5-9/h6,8-9,12,14H,4-5,7H2,1-3H3,(H,15,16,17). The van der Waals surface area contributed by atoms with Crippen LogP contribution in [0.3, 0.4) is 0 Å². The fraction of sp³-hybridized carbons (Fsp3) is 0.692. The average molecular weight is 251 g/mol. The van der Waals surface area contributed by atoms with Crippen molar-refractivity contribution in [2.45, 2.75) is 45.4 Å². The van der Waals surface area contributed by atoms with E-state index in [1.807, 2.05) is 0 Å². The van der Waals surface area contributed by atoms with Gasteiger partial charge >= 0.3 is 0 Å². The lowest BCUT2D eigenvalue weighted by molar-refractivity contribution is 0.0767. The van der Waals surface area contributed by atoms with Gasteiger partial charge < -0.3 is 15.0 Å². The van der Waals surface area contributed by atoms with Crippen LogP contribution in [-0.2, 0) is 11.3 Å². The first kappa shape index (κ1) is 13.2. The molecular weight excluding hydrogens is 230 g/mol. The first-order valence-electron chi connectivity index (χ1n) is 6.46.